The molecule has 0 amide bonds. The van der Waals surface area contributed by atoms with Crippen molar-refractivity contribution < 1.29 is 34.4 Å². The molecule has 2 heterocycles. The van der Waals surface area contributed by atoms with Crippen LogP contribution in [0.1, 0.15) is 41.5 Å². The number of aliphatic hydroxyl groups excluding tert-OH is 1. The molecule has 0 saturated carbocycles. The average Bonchev–Trinajstić information content (AvgIpc) is 2.78. The number of rotatable bonds is 2. The summed E-state index contributed by atoms with van der Waals surface area (Å²) in [5.74, 6) is -0.361. The van der Waals surface area contributed by atoms with Gasteiger partial charge in [-0.05, 0) is 40.7 Å². The number of fused-ring (bicyclic) bond motifs is 3. The van der Waals surface area contributed by atoms with Crippen LogP contribution < -0.4 is 0 Å². The van der Waals surface area contributed by atoms with Gasteiger partial charge in [0.2, 0.25) is 5.95 Å². The monoisotopic (exact) mass is 650 g/mol. The van der Waals surface area contributed by atoms with Crippen molar-refractivity contribution in [1.29, 1.82) is 0 Å². The van der Waals surface area contributed by atoms with Gasteiger partial charge in [-0.3, -0.25) is 4.79 Å². The molecule has 0 saturated heterocycles. The van der Waals surface area contributed by atoms with Gasteiger partial charge in [0.25, 0.3) is 0 Å². The van der Waals surface area contributed by atoms with E-state index in [1.54, 1.807) is 12.3 Å². The SMILES string of the molecule is CC(C)(C)C(=O)/C=C(\O)C(C)(C)C.Fc1ccc2c(ccc3c(-c4[c-]cccc4)nccc32)n1.[Ir]. The second kappa shape index (κ2) is 11.2. The fraction of sp³-hybridized carbons (Fsp3) is 0.276. The maximum absolute atomic E-state index is 13.3. The molecule has 0 atom stereocenters. The van der Waals surface area contributed by atoms with E-state index in [2.05, 4.69) is 16.0 Å². The first-order valence-electron chi connectivity index (χ1n) is 11.1. The Morgan fingerprint density at radius 2 is 1.60 bits per heavy atom. The quantitative estimate of drug-likeness (QED) is 0.0805. The minimum Gasteiger partial charge on any atom is -0.512 e. The molecule has 4 aromatic rings. The molecule has 185 valence electrons. The smallest absolute Gasteiger partial charge is 0.213 e. The fourth-order valence-corrected chi connectivity index (χ4v) is 3.16. The summed E-state index contributed by atoms with van der Waals surface area (Å²) in [7, 11) is 0. The first-order chi connectivity index (χ1) is 15.9. The number of carbonyl (C=O) groups is 1. The van der Waals surface area contributed by atoms with E-state index < -0.39 is 11.4 Å². The van der Waals surface area contributed by atoms with E-state index in [4.69, 9.17) is 0 Å². The summed E-state index contributed by atoms with van der Waals surface area (Å²) in [6.45, 7) is 11.1. The number of ketones is 1. The number of nitrogens with zero attached hydrogens (tertiary/aromatic N) is 2. The van der Waals surface area contributed by atoms with Crippen LogP contribution in [0.2, 0.25) is 0 Å². The zero-order chi connectivity index (χ0) is 25.1. The molecule has 35 heavy (non-hydrogen) atoms. The van der Waals surface area contributed by atoms with Crippen molar-refractivity contribution in [3.05, 3.63) is 84.6 Å². The summed E-state index contributed by atoms with van der Waals surface area (Å²) >= 11 is 0. The minimum absolute atomic E-state index is 0. The third-order valence-corrected chi connectivity index (χ3v) is 5.32. The van der Waals surface area contributed by atoms with E-state index in [0.717, 1.165) is 27.4 Å². The van der Waals surface area contributed by atoms with Gasteiger partial charge in [0.1, 0.15) is 5.76 Å². The normalized spacial score (nSPS) is 12.0. The van der Waals surface area contributed by atoms with Crippen LogP contribution in [0.3, 0.4) is 0 Å². The van der Waals surface area contributed by atoms with Crippen LogP contribution in [-0.2, 0) is 24.9 Å². The number of hydrogen-bond donors (Lipinski definition) is 1. The van der Waals surface area contributed by atoms with Gasteiger partial charge in [-0.15, -0.1) is 35.9 Å². The predicted octanol–water partition coefficient (Wildman–Crippen LogP) is 7.48. The summed E-state index contributed by atoms with van der Waals surface area (Å²) in [5.41, 5.74) is 1.70. The van der Waals surface area contributed by atoms with Crippen molar-refractivity contribution in [1.82, 2.24) is 9.97 Å². The van der Waals surface area contributed by atoms with Crippen molar-refractivity contribution >= 4 is 27.5 Å². The molecule has 2 aromatic heterocycles. The number of halogens is 1. The van der Waals surface area contributed by atoms with Gasteiger partial charge >= 0.3 is 0 Å². The molecule has 0 aliphatic rings. The number of benzene rings is 2. The van der Waals surface area contributed by atoms with Gasteiger partial charge in [-0.25, -0.2) is 4.98 Å². The molecule has 0 bridgehead atoms. The molecule has 0 unspecified atom stereocenters. The standard InChI is InChI=1S/C18H10FN2.C11H20O2.Ir/c19-17-9-7-14-13-10-11-20-18(12-4-2-1-3-5-12)15(13)6-8-16(14)21-17;1-10(2,3)8(12)7-9(13)11(4,5)6;/h1-4,6-11H;7,12H,1-6H3;/q-1;;/b;8-7-;. The first kappa shape index (κ1) is 28.3. The Morgan fingerprint density at radius 3 is 2.20 bits per heavy atom. The van der Waals surface area contributed by atoms with E-state index in [1.807, 2.05) is 84.0 Å². The molecule has 0 aliphatic heterocycles. The van der Waals surface area contributed by atoms with E-state index in [1.165, 1.54) is 12.1 Å². The number of allylic oxidation sites excluding steroid dienone is 2. The Kier molecular flexibility index (Phi) is 9.05. The second-order valence-corrected chi connectivity index (χ2v) is 10.2. The number of carbonyl (C=O) groups excluding carboxylic acids is 1. The van der Waals surface area contributed by atoms with Gasteiger partial charge < -0.3 is 10.1 Å². The fourth-order valence-electron chi connectivity index (χ4n) is 3.16. The van der Waals surface area contributed by atoms with Crippen molar-refractivity contribution in [2.75, 3.05) is 0 Å². The minimum atomic E-state index is -0.465. The van der Waals surface area contributed by atoms with E-state index in [-0.39, 0.29) is 37.1 Å². The van der Waals surface area contributed by atoms with Crippen LogP contribution in [0.5, 0.6) is 0 Å². The third-order valence-electron chi connectivity index (χ3n) is 5.32. The topological polar surface area (TPSA) is 63.1 Å². The Morgan fingerprint density at radius 1 is 0.914 bits per heavy atom. The second-order valence-electron chi connectivity index (χ2n) is 10.2. The Balaban J connectivity index is 0.000000271. The Labute approximate surface area is 219 Å². The summed E-state index contributed by atoms with van der Waals surface area (Å²) in [4.78, 5) is 19.9. The molecule has 0 fully saturated rings. The first-order valence-corrected chi connectivity index (χ1v) is 11.1. The zero-order valence-corrected chi connectivity index (χ0v) is 23.2. The maximum Gasteiger partial charge on any atom is 0.213 e. The molecular formula is C29H30FIrN2O2-. The summed E-state index contributed by atoms with van der Waals surface area (Å²) in [5, 5.41) is 12.5. The number of hydrogen-bond acceptors (Lipinski definition) is 4. The van der Waals surface area contributed by atoms with Crippen molar-refractivity contribution in [3.63, 3.8) is 0 Å². The van der Waals surface area contributed by atoms with E-state index >= 15 is 0 Å². The molecule has 0 aliphatic carbocycles. The largest absolute Gasteiger partial charge is 0.512 e. The number of aliphatic hydroxyl groups is 1. The Hall–Kier alpha value is -2.95. The molecule has 0 spiro atoms. The van der Waals surface area contributed by atoms with Gasteiger partial charge in [-0.1, -0.05) is 47.6 Å². The Bertz CT molecular complexity index is 1350. The summed E-state index contributed by atoms with van der Waals surface area (Å²) in [6.07, 6.45) is 3.10. The number of pyridine rings is 2. The molecule has 1 N–H and O–H groups in total. The molecule has 6 heteroatoms. The van der Waals surface area contributed by atoms with Crippen molar-refractivity contribution in [2.24, 2.45) is 10.8 Å². The molecule has 1 radical (unpaired) electrons. The van der Waals surface area contributed by atoms with Crippen molar-refractivity contribution in [3.8, 4) is 11.3 Å². The van der Waals surface area contributed by atoms with E-state index in [9.17, 15) is 14.3 Å². The zero-order valence-electron chi connectivity index (χ0n) is 20.8. The summed E-state index contributed by atoms with van der Waals surface area (Å²) < 4.78 is 13.3. The van der Waals surface area contributed by atoms with Gasteiger partial charge in [0.05, 0.1) is 5.52 Å². The average molecular weight is 650 g/mol. The van der Waals surface area contributed by atoms with Crippen molar-refractivity contribution in [2.45, 2.75) is 41.5 Å². The van der Waals surface area contributed by atoms with Gasteiger partial charge in [0.15, 0.2) is 5.78 Å². The van der Waals surface area contributed by atoms with Crippen LogP contribution in [0.25, 0.3) is 32.9 Å². The maximum atomic E-state index is 13.3. The molecular weight excluding hydrogens is 620 g/mol. The van der Waals surface area contributed by atoms with Crippen LogP contribution in [0.15, 0.2) is 72.6 Å². The third kappa shape index (κ3) is 7.03. The molecule has 4 nitrogen and oxygen atoms in total. The summed E-state index contributed by atoms with van der Waals surface area (Å²) in [6, 6.07) is 19.8. The van der Waals surface area contributed by atoms with Gasteiger partial charge in [0, 0.05) is 48.6 Å². The van der Waals surface area contributed by atoms with Crippen LogP contribution in [0.4, 0.5) is 4.39 Å². The predicted molar refractivity (Wildman–Crippen MR) is 136 cm³/mol. The van der Waals surface area contributed by atoms with Gasteiger partial charge in [-0.2, -0.15) is 4.39 Å². The van der Waals surface area contributed by atoms with E-state index in [0.29, 0.717) is 5.52 Å². The van der Waals surface area contributed by atoms with Crippen LogP contribution in [-0.4, -0.2) is 20.9 Å². The van der Waals surface area contributed by atoms with Crippen LogP contribution in [0, 0.1) is 22.8 Å². The van der Waals surface area contributed by atoms with Crippen LogP contribution >= 0.6 is 0 Å². The number of aromatic nitrogens is 2. The molecule has 2 aromatic carbocycles. The molecule has 4 rings (SSSR count).